The van der Waals surface area contributed by atoms with Crippen molar-refractivity contribution in [2.24, 2.45) is 5.41 Å². The molecule has 0 saturated carbocycles. The number of rotatable bonds is 6. The van der Waals surface area contributed by atoms with Crippen molar-refractivity contribution in [1.82, 2.24) is 20.1 Å². The van der Waals surface area contributed by atoms with E-state index >= 15 is 0 Å². The number of pyridine rings is 1. The lowest BCUT2D eigenvalue weighted by Gasteiger charge is -2.26. The van der Waals surface area contributed by atoms with E-state index in [1.165, 1.54) is 25.1 Å². The van der Waals surface area contributed by atoms with E-state index in [-0.39, 0.29) is 5.91 Å². The fourth-order valence-electron chi connectivity index (χ4n) is 2.93. The van der Waals surface area contributed by atoms with Crippen molar-refractivity contribution in [3.8, 4) is 11.3 Å². The minimum Gasteiger partial charge on any atom is -0.311 e. The molecule has 25 heavy (non-hydrogen) atoms. The van der Waals surface area contributed by atoms with Gasteiger partial charge in [0.1, 0.15) is 11.6 Å². The van der Waals surface area contributed by atoms with Gasteiger partial charge in [-0.15, -0.1) is 0 Å². The minimum atomic E-state index is -0.478. The molecule has 2 N–H and O–H groups in total. The van der Waals surface area contributed by atoms with Gasteiger partial charge in [0, 0.05) is 23.2 Å². The van der Waals surface area contributed by atoms with Crippen molar-refractivity contribution >= 4 is 11.7 Å². The molecule has 3 rings (SSSR count). The van der Waals surface area contributed by atoms with Crippen LogP contribution in [-0.2, 0) is 4.79 Å². The molecule has 0 spiro atoms. The molecule has 6 nitrogen and oxygen atoms in total. The third-order valence-electron chi connectivity index (χ3n) is 4.69. The normalized spacial score (nSPS) is 15.5. The summed E-state index contributed by atoms with van der Waals surface area (Å²) < 4.78 is 13.3. The van der Waals surface area contributed by atoms with Gasteiger partial charge in [-0.1, -0.05) is 13.8 Å². The van der Waals surface area contributed by atoms with Crippen LogP contribution in [0.5, 0.6) is 0 Å². The lowest BCUT2D eigenvalue weighted by molar-refractivity contribution is -0.124. The highest BCUT2D eigenvalue weighted by Gasteiger charge is 2.29. The number of aromatic amines is 1. The van der Waals surface area contributed by atoms with E-state index in [1.54, 1.807) is 6.07 Å². The predicted molar refractivity (Wildman–Crippen MR) is 94.5 cm³/mol. The highest BCUT2D eigenvalue weighted by atomic mass is 19.1. The number of nitrogens with zero attached hydrogens (tertiary/aromatic N) is 3. The molecule has 134 valence electrons. The van der Waals surface area contributed by atoms with E-state index in [4.69, 9.17) is 0 Å². The Kier molecular flexibility index (Phi) is 5.13. The van der Waals surface area contributed by atoms with Gasteiger partial charge in [0.25, 0.3) is 0 Å². The van der Waals surface area contributed by atoms with E-state index in [0.29, 0.717) is 17.1 Å². The minimum absolute atomic E-state index is 0.0562. The summed E-state index contributed by atoms with van der Waals surface area (Å²) in [6.45, 7) is 7.09. The first-order valence-electron chi connectivity index (χ1n) is 8.64. The molecule has 1 saturated heterocycles. The third-order valence-corrected chi connectivity index (χ3v) is 4.69. The summed E-state index contributed by atoms with van der Waals surface area (Å²) in [7, 11) is 0. The lowest BCUT2D eigenvalue weighted by Crippen LogP contribution is -2.34. The monoisotopic (exact) mass is 345 g/mol. The second kappa shape index (κ2) is 7.31. The number of anilines is 1. The van der Waals surface area contributed by atoms with Gasteiger partial charge in [0.2, 0.25) is 5.91 Å². The van der Waals surface area contributed by atoms with E-state index in [9.17, 15) is 9.18 Å². The van der Waals surface area contributed by atoms with Gasteiger partial charge in [-0.25, -0.2) is 4.39 Å². The summed E-state index contributed by atoms with van der Waals surface area (Å²) >= 11 is 0. The van der Waals surface area contributed by atoms with Crippen LogP contribution in [0.15, 0.2) is 24.5 Å². The van der Waals surface area contributed by atoms with Gasteiger partial charge < -0.3 is 10.2 Å². The molecule has 0 bridgehead atoms. The molecule has 0 radical (unpaired) electrons. The summed E-state index contributed by atoms with van der Waals surface area (Å²) in [6, 6.07) is 3.04. The molecule has 7 heteroatoms. The van der Waals surface area contributed by atoms with Crippen molar-refractivity contribution in [2.45, 2.75) is 33.1 Å². The molecule has 2 aromatic heterocycles. The fraction of sp³-hybridized carbons (Fsp3) is 0.500. The maximum atomic E-state index is 13.3. The molecule has 1 fully saturated rings. The second-order valence-corrected chi connectivity index (χ2v) is 7.20. The summed E-state index contributed by atoms with van der Waals surface area (Å²) in [6.07, 6.45) is 5.97. The fourth-order valence-corrected chi connectivity index (χ4v) is 2.93. The molecule has 1 aliphatic heterocycles. The van der Waals surface area contributed by atoms with Crippen molar-refractivity contribution in [3.63, 3.8) is 0 Å². The quantitative estimate of drug-likeness (QED) is 0.844. The Hall–Kier alpha value is -2.28. The number of halogens is 1. The highest BCUT2D eigenvalue weighted by molar-refractivity contribution is 5.94. The van der Waals surface area contributed by atoms with Crippen molar-refractivity contribution in [1.29, 1.82) is 0 Å². The zero-order chi connectivity index (χ0) is 17.9. The maximum Gasteiger partial charge on any atom is 0.231 e. The van der Waals surface area contributed by atoms with E-state index in [1.807, 2.05) is 13.8 Å². The van der Waals surface area contributed by atoms with Crippen LogP contribution in [0.4, 0.5) is 10.2 Å². The number of carbonyl (C=O) groups is 1. The number of H-pyrrole nitrogens is 1. The standard InChI is InChI=1S/C18H24FN5O/c1-18(2,5-8-24-6-3-4-7-24)17(25)21-16-10-15(22-23-16)13-9-14(19)12-20-11-13/h9-12H,3-8H2,1-2H3,(H2,21,22,23,25). The van der Waals surface area contributed by atoms with Crippen LogP contribution in [-0.4, -0.2) is 45.6 Å². The van der Waals surface area contributed by atoms with Crippen molar-refractivity contribution in [2.75, 3.05) is 25.0 Å². The van der Waals surface area contributed by atoms with Crippen molar-refractivity contribution < 1.29 is 9.18 Å². The Morgan fingerprint density at radius 3 is 2.80 bits per heavy atom. The molecule has 0 aliphatic carbocycles. The molecular weight excluding hydrogens is 321 g/mol. The first-order chi connectivity index (χ1) is 11.9. The van der Waals surface area contributed by atoms with Crippen LogP contribution in [0.25, 0.3) is 11.3 Å². The second-order valence-electron chi connectivity index (χ2n) is 7.20. The summed E-state index contributed by atoms with van der Waals surface area (Å²) in [4.78, 5) is 18.8. The molecule has 2 aromatic rings. The van der Waals surface area contributed by atoms with E-state index < -0.39 is 11.2 Å². The molecule has 0 unspecified atom stereocenters. The topological polar surface area (TPSA) is 73.9 Å². The lowest BCUT2D eigenvalue weighted by atomic mass is 9.88. The maximum absolute atomic E-state index is 13.3. The van der Waals surface area contributed by atoms with Crippen LogP contribution in [0.3, 0.4) is 0 Å². The molecule has 0 aromatic carbocycles. The zero-order valence-corrected chi connectivity index (χ0v) is 14.7. The largest absolute Gasteiger partial charge is 0.311 e. The Balaban J connectivity index is 1.60. The average Bonchev–Trinajstić information content (AvgIpc) is 3.25. The van der Waals surface area contributed by atoms with Crippen LogP contribution in [0.2, 0.25) is 0 Å². The zero-order valence-electron chi connectivity index (χ0n) is 14.7. The van der Waals surface area contributed by atoms with E-state index in [0.717, 1.165) is 32.3 Å². The average molecular weight is 345 g/mol. The molecule has 1 aliphatic rings. The Morgan fingerprint density at radius 2 is 2.08 bits per heavy atom. The van der Waals surface area contributed by atoms with Gasteiger partial charge in [-0.3, -0.25) is 14.9 Å². The molecule has 0 atom stereocenters. The number of hydrogen-bond acceptors (Lipinski definition) is 4. The highest BCUT2D eigenvalue weighted by Crippen LogP contribution is 2.25. The van der Waals surface area contributed by atoms with Gasteiger partial charge in [0.15, 0.2) is 0 Å². The van der Waals surface area contributed by atoms with E-state index in [2.05, 4.69) is 25.4 Å². The summed E-state index contributed by atoms with van der Waals surface area (Å²) in [5, 5.41) is 9.77. The van der Waals surface area contributed by atoms with Gasteiger partial charge in [0.05, 0.1) is 11.9 Å². The SMILES string of the molecule is CC(C)(CCN1CCCC1)C(=O)Nc1cc(-c2cncc(F)c2)n[nH]1. The third kappa shape index (κ3) is 4.42. The molecule has 3 heterocycles. The summed E-state index contributed by atoms with van der Waals surface area (Å²) in [5.74, 6) is 0.0203. The van der Waals surface area contributed by atoms with Crippen LogP contribution < -0.4 is 5.32 Å². The summed E-state index contributed by atoms with van der Waals surface area (Å²) in [5.41, 5.74) is 0.621. The smallest absolute Gasteiger partial charge is 0.231 e. The Labute approximate surface area is 146 Å². The van der Waals surface area contributed by atoms with Crippen LogP contribution in [0, 0.1) is 11.2 Å². The first kappa shape index (κ1) is 17.5. The predicted octanol–water partition coefficient (Wildman–Crippen LogP) is 3.06. The van der Waals surface area contributed by atoms with Crippen LogP contribution >= 0.6 is 0 Å². The number of hydrogen-bond donors (Lipinski definition) is 2. The number of amides is 1. The number of nitrogens with one attached hydrogen (secondary N) is 2. The van der Waals surface area contributed by atoms with Crippen molar-refractivity contribution in [3.05, 3.63) is 30.3 Å². The van der Waals surface area contributed by atoms with Crippen LogP contribution in [0.1, 0.15) is 33.1 Å². The van der Waals surface area contributed by atoms with Gasteiger partial charge in [-0.05, 0) is 45.0 Å². The molecule has 1 amide bonds. The van der Waals surface area contributed by atoms with Gasteiger partial charge >= 0.3 is 0 Å². The van der Waals surface area contributed by atoms with Gasteiger partial charge in [-0.2, -0.15) is 5.10 Å². The Bertz CT molecular complexity index is 737. The number of aromatic nitrogens is 3. The first-order valence-corrected chi connectivity index (χ1v) is 8.64. The number of likely N-dealkylation sites (tertiary alicyclic amines) is 1. The number of carbonyl (C=O) groups excluding carboxylic acids is 1. The molecular formula is C18H24FN5O. The Morgan fingerprint density at radius 1 is 1.32 bits per heavy atom.